The maximum Gasteiger partial charge on any atom is 0.324 e. The number of amides is 3. The zero-order valence-electron chi connectivity index (χ0n) is 9.10. The van der Waals surface area contributed by atoms with Gasteiger partial charge < -0.3 is 9.47 Å². The van der Waals surface area contributed by atoms with Crippen molar-refractivity contribution >= 4 is 23.5 Å². The highest BCUT2D eigenvalue weighted by molar-refractivity contribution is 6.19. The van der Waals surface area contributed by atoms with Crippen molar-refractivity contribution in [1.82, 2.24) is 25.0 Å². The van der Waals surface area contributed by atoms with E-state index in [1.807, 2.05) is 4.57 Å². The van der Waals surface area contributed by atoms with E-state index in [0.717, 1.165) is 5.82 Å². The molecular formula is C9H12ClN5O2. The highest BCUT2D eigenvalue weighted by Gasteiger charge is 2.22. The highest BCUT2D eigenvalue weighted by Crippen LogP contribution is 2.08. The number of urea groups is 1. The maximum atomic E-state index is 11.7. The molecule has 92 valence electrons. The molecule has 0 saturated heterocycles. The minimum absolute atomic E-state index is 0.136. The van der Waals surface area contributed by atoms with Gasteiger partial charge in [-0.1, -0.05) is 0 Å². The number of carbonyl (C=O) groups is 2. The van der Waals surface area contributed by atoms with Gasteiger partial charge in [-0.15, -0.1) is 21.8 Å². The summed E-state index contributed by atoms with van der Waals surface area (Å²) in [6, 6.07) is -0.408. The predicted octanol–water partition coefficient (Wildman–Crippen LogP) is -0.0412. The van der Waals surface area contributed by atoms with Gasteiger partial charge in [-0.2, -0.15) is 0 Å². The first kappa shape index (κ1) is 11.8. The van der Waals surface area contributed by atoms with E-state index in [0.29, 0.717) is 19.6 Å². The summed E-state index contributed by atoms with van der Waals surface area (Å²) in [6.07, 6.45) is 1.76. The summed E-state index contributed by atoms with van der Waals surface area (Å²) in [7, 11) is 0. The molecule has 1 aromatic heterocycles. The Bertz CT molecular complexity index is 433. The van der Waals surface area contributed by atoms with E-state index in [1.165, 1.54) is 4.90 Å². The number of carbonyl (C=O) groups excluding carboxylic acids is 2. The summed E-state index contributed by atoms with van der Waals surface area (Å²) in [4.78, 5) is 24.4. The Hall–Kier alpha value is -1.63. The Balaban J connectivity index is 1.92. The van der Waals surface area contributed by atoms with Crippen LogP contribution in [0.25, 0.3) is 0 Å². The van der Waals surface area contributed by atoms with Crippen LogP contribution in [-0.4, -0.2) is 44.0 Å². The van der Waals surface area contributed by atoms with Crippen molar-refractivity contribution in [2.45, 2.75) is 19.5 Å². The minimum atomic E-state index is -0.408. The Labute approximate surface area is 103 Å². The second-order valence-electron chi connectivity index (χ2n) is 3.65. The standard InChI is InChI=1S/C9H12ClN5O2/c10-2-1-8(16)12-9(17)14-3-4-15-6-11-13-7(15)5-14/h6H,1-5H2,(H,12,16,17). The van der Waals surface area contributed by atoms with Crippen LogP contribution >= 0.6 is 11.6 Å². The first-order chi connectivity index (χ1) is 8.20. The molecule has 0 radical (unpaired) electrons. The molecule has 1 aliphatic rings. The van der Waals surface area contributed by atoms with Gasteiger partial charge in [0.15, 0.2) is 5.82 Å². The van der Waals surface area contributed by atoms with E-state index in [1.54, 1.807) is 6.33 Å². The lowest BCUT2D eigenvalue weighted by Crippen LogP contribution is -2.46. The van der Waals surface area contributed by atoms with Gasteiger partial charge in [-0.3, -0.25) is 10.1 Å². The van der Waals surface area contributed by atoms with E-state index in [2.05, 4.69) is 15.5 Å². The van der Waals surface area contributed by atoms with Crippen molar-refractivity contribution in [1.29, 1.82) is 0 Å². The predicted molar refractivity (Wildman–Crippen MR) is 59.3 cm³/mol. The van der Waals surface area contributed by atoms with Crippen LogP contribution in [0.4, 0.5) is 4.79 Å². The summed E-state index contributed by atoms with van der Waals surface area (Å²) in [6.45, 7) is 1.53. The molecule has 0 aromatic carbocycles. The molecule has 0 fully saturated rings. The number of hydrogen-bond donors (Lipinski definition) is 1. The molecule has 1 N–H and O–H groups in total. The average molecular weight is 258 g/mol. The lowest BCUT2D eigenvalue weighted by Gasteiger charge is -2.26. The number of alkyl halides is 1. The molecular weight excluding hydrogens is 246 g/mol. The van der Waals surface area contributed by atoms with Gasteiger partial charge in [-0.25, -0.2) is 4.79 Å². The van der Waals surface area contributed by atoms with Crippen LogP contribution in [0.15, 0.2) is 6.33 Å². The van der Waals surface area contributed by atoms with Gasteiger partial charge in [0.2, 0.25) is 5.91 Å². The van der Waals surface area contributed by atoms with Gasteiger partial charge in [0.1, 0.15) is 6.33 Å². The molecule has 2 heterocycles. The van der Waals surface area contributed by atoms with E-state index in [4.69, 9.17) is 11.6 Å². The molecule has 0 spiro atoms. The second kappa shape index (κ2) is 5.13. The zero-order chi connectivity index (χ0) is 12.3. The third kappa shape index (κ3) is 2.73. The van der Waals surface area contributed by atoms with Crippen molar-refractivity contribution in [2.75, 3.05) is 12.4 Å². The number of nitrogens with one attached hydrogen (secondary N) is 1. The van der Waals surface area contributed by atoms with Gasteiger partial charge in [0.05, 0.1) is 6.54 Å². The highest BCUT2D eigenvalue weighted by atomic mass is 35.5. The van der Waals surface area contributed by atoms with E-state index in [-0.39, 0.29) is 18.2 Å². The monoisotopic (exact) mass is 257 g/mol. The SMILES string of the molecule is O=C(CCCl)NC(=O)N1CCn2cnnc2C1. The summed E-state index contributed by atoms with van der Waals surface area (Å²) in [5.74, 6) is 0.557. The van der Waals surface area contributed by atoms with Crippen LogP contribution in [0.3, 0.4) is 0 Å². The fourth-order valence-corrected chi connectivity index (χ4v) is 1.76. The number of aromatic nitrogens is 3. The Morgan fingerprint density at radius 3 is 3.06 bits per heavy atom. The first-order valence-corrected chi connectivity index (χ1v) is 5.75. The fourth-order valence-electron chi connectivity index (χ4n) is 1.59. The molecule has 2 rings (SSSR count). The fraction of sp³-hybridized carbons (Fsp3) is 0.556. The smallest absolute Gasteiger partial charge is 0.315 e. The Kier molecular flexibility index (Phi) is 3.58. The molecule has 3 amide bonds. The van der Waals surface area contributed by atoms with Crippen molar-refractivity contribution in [3.63, 3.8) is 0 Å². The molecule has 0 unspecified atom stereocenters. The topological polar surface area (TPSA) is 80.1 Å². The van der Waals surface area contributed by atoms with Gasteiger partial charge in [0, 0.05) is 25.4 Å². The van der Waals surface area contributed by atoms with E-state index < -0.39 is 6.03 Å². The molecule has 0 atom stereocenters. The number of nitrogens with zero attached hydrogens (tertiary/aromatic N) is 4. The van der Waals surface area contributed by atoms with Crippen LogP contribution in [-0.2, 0) is 17.9 Å². The molecule has 8 heteroatoms. The second-order valence-corrected chi connectivity index (χ2v) is 4.03. The number of rotatable bonds is 2. The Morgan fingerprint density at radius 2 is 2.29 bits per heavy atom. The maximum absolute atomic E-state index is 11.7. The van der Waals surface area contributed by atoms with E-state index in [9.17, 15) is 9.59 Å². The van der Waals surface area contributed by atoms with Crippen molar-refractivity contribution in [3.8, 4) is 0 Å². The zero-order valence-corrected chi connectivity index (χ0v) is 9.85. The normalized spacial score (nSPS) is 14.3. The van der Waals surface area contributed by atoms with Gasteiger partial charge >= 0.3 is 6.03 Å². The number of imide groups is 1. The van der Waals surface area contributed by atoms with Crippen LogP contribution in [0.2, 0.25) is 0 Å². The number of hydrogen-bond acceptors (Lipinski definition) is 4. The first-order valence-electron chi connectivity index (χ1n) is 5.22. The minimum Gasteiger partial charge on any atom is -0.315 e. The molecule has 7 nitrogen and oxygen atoms in total. The molecule has 0 bridgehead atoms. The van der Waals surface area contributed by atoms with Crippen LogP contribution in [0, 0.1) is 0 Å². The van der Waals surface area contributed by atoms with Crippen molar-refractivity contribution < 1.29 is 9.59 Å². The largest absolute Gasteiger partial charge is 0.324 e. The summed E-state index contributed by atoms with van der Waals surface area (Å²) >= 11 is 5.41. The lowest BCUT2D eigenvalue weighted by atomic mass is 10.3. The molecule has 1 aliphatic heterocycles. The van der Waals surface area contributed by atoms with Crippen LogP contribution < -0.4 is 5.32 Å². The van der Waals surface area contributed by atoms with Crippen molar-refractivity contribution in [3.05, 3.63) is 12.2 Å². The third-order valence-corrected chi connectivity index (χ3v) is 2.68. The van der Waals surface area contributed by atoms with Gasteiger partial charge in [-0.05, 0) is 0 Å². The Morgan fingerprint density at radius 1 is 1.47 bits per heavy atom. The van der Waals surface area contributed by atoms with E-state index >= 15 is 0 Å². The molecule has 0 aliphatic carbocycles. The summed E-state index contributed by atoms with van der Waals surface area (Å²) in [5, 5.41) is 9.93. The average Bonchev–Trinajstić information content (AvgIpc) is 2.75. The quantitative estimate of drug-likeness (QED) is 0.754. The summed E-state index contributed by atoms with van der Waals surface area (Å²) in [5.41, 5.74) is 0. The third-order valence-electron chi connectivity index (χ3n) is 2.49. The molecule has 1 aromatic rings. The van der Waals surface area contributed by atoms with Gasteiger partial charge in [0.25, 0.3) is 0 Å². The lowest BCUT2D eigenvalue weighted by molar-refractivity contribution is -0.119. The molecule has 17 heavy (non-hydrogen) atoms. The van der Waals surface area contributed by atoms with Crippen LogP contribution in [0.1, 0.15) is 12.2 Å². The van der Waals surface area contributed by atoms with Crippen LogP contribution in [0.5, 0.6) is 0 Å². The number of fused-ring (bicyclic) bond motifs is 1. The molecule has 0 saturated carbocycles. The van der Waals surface area contributed by atoms with Crippen molar-refractivity contribution in [2.24, 2.45) is 0 Å². The summed E-state index contributed by atoms with van der Waals surface area (Å²) < 4.78 is 1.88. The number of halogens is 1.